The van der Waals surface area contributed by atoms with E-state index in [0.29, 0.717) is 23.2 Å². The minimum atomic E-state index is -0.128. The van der Waals surface area contributed by atoms with E-state index in [0.717, 1.165) is 72.4 Å². The van der Waals surface area contributed by atoms with Gasteiger partial charge in [0.15, 0.2) is 23.2 Å². The minimum absolute atomic E-state index is 0.128. The molecule has 0 saturated carbocycles. The average molecular weight is 1040 g/mol. The summed E-state index contributed by atoms with van der Waals surface area (Å²) < 4.78 is 4.86. The zero-order valence-electron chi connectivity index (χ0n) is 48.2. The molecular weight excluding hydrogens is 973 g/mol. The van der Waals surface area contributed by atoms with Gasteiger partial charge in [0, 0.05) is 49.4 Å². The lowest BCUT2D eigenvalue weighted by molar-refractivity contribution is 0.568. The zero-order chi connectivity index (χ0) is 56.0. The second-order valence-corrected chi connectivity index (χ2v) is 25.8. The molecule has 6 nitrogen and oxygen atoms in total. The van der Waals surface area contributed by atoms with Gasteiger partial charge < -0.3 is 9.13 Å². The molecule has 9 aromatic carbocycles. The van der Waals surface area contributed by atoms with Crippen LogP contribution in [0.3, 0.4) is 0 Å². The van der Waals surface area contributed by atoms with Gasteiger partial charge in [0.1, 0.15) is 0 Å². The normalized spacial score (nSPS) is 12.5. The Morgan fingerprint density at radius 3 is 0.950 bits per heavy atom. The predicted octanol–water partition coefficient (Wildman–Crippen LogP) is 20.1. The topological polar surface area (TPSA) is 52.9 Å². The maximum absolute atomic E-state index is 7.77. The van der Waals surface area contributed by atoms with Crippen LogP contribution in [0.1, 0.15) is 105 Å². The summed E-state index contributed by atoms with van der Waals surface area (Å²) in [5.41, 5.74) is 18.4. The summed E-state index contributed by atoms with van der Waals surface area (Å²) in [6, 6.07) is 70.3. The van der Waals surface area contributed by atoms with E-state index in [-0.39, 0.29) is 21.7 Å². The summed E-state index contributed by atoms with van der Waals surface area (Å²) in [6.45, 7) is 35.1. The van der Waals surface area contributed by atoms with Gasteiger partial charge >= 0.3 is 0 Å². The first-order chi connectivity index (χ1) is 38.1. The van der Waals surface area contributed by atoms with Crippen LogP contribution in [0.15, 0.2) is 194 Å². The monoisotopic (exact) mass is 1040 g/mol. The van der Waals surface area contributed by atoms with Crippen molar-refractivity contribution >= 4 is 49.3 Å². The van der Waals surface area contributed by atoms with Crippen LogP contribution in [0.25, 0.3) is 116 Å². The standard InChI is InChI=1S/C74H68N6/c1-71(2,3)51-38-49(39-52(44-51)72(4,5)6)69-76-68(77-70(78-69)50-40-53(73(7,8)9)45-54(41-50)74(10,11)12)48-33-37-67(80-64-28-20-16-24-58(64)59-25-17-21-29-65(59)80)61(43-48)60-42-47(46-30-34-55(75-13)35-31-46)32-36-66(60)79-62-26-18-14-22-56(62)57-23-15-19-27-63(57)79/h14-45H,1-12H3. The molecule has 0 unspecified atom stereocenters. The smallest absolute Gasteiger partial charge is 0.187 e. The molecule has 0 aliphatic carbocycles. The Kier molecular flexibility index (Phi) is 12.4. The highest BCUT2D eigenvalue weighted by atomic mass is 15.0. The first-order valence-electron chi connectivity index (χ1n) is 28.0. The summed E-state index contributed by atoms with van der Waals surface area (Å²) in [5.74, 6) is 1.84. The number of benzene rings is 9. The van der Waals surface area contributed by atoms with Crippen LogP contribution in [-0.2, 0) is 21.7 Å². The van der Waals surface area contributed by atoms with E-state index in [1.54, 1.807) is 0 Å². The Labute approximate surface area is 471 Å². The van der Waals surface area contributed by atoms with Gasteiger partial charge in [0.2, 0.25) is 0 Å². The lowest BCUT2D eigenvalue weighted by Crippen LogP contribution is -2.17. The molecule has 12 rings (SSSR count). The highest BCUT2D eigenvalue weighted by Crippen LogP contribution is 2.45. The van der Waals surface area contributed by atoms with Crippen molar-refractivity contribution in [2.75, 3.05) is 0 Å². The molecule has 0 radical (unpaired) electrons. The maximum atomic E-state index is 7.77. The van der Waals surface area contributed by atoms with E-state index in [2.05, 4.69) is 279 Å². The Morgan fingerprint density at radius 1 is 0.312 bits per heavy atom. The van der Waals surface area contributed by atoms with E-state index >= 15 is 0 Å². The third-order valence-electron chi connectivity index (χ3n) is 16.0. The fourth-order valence-electron chi connectivity index (χ4n) is 11.3. The molecule has 3 heterocycles. The molecule has 0 atom stereocenters. The number of para-hydroxylation sites is 4. The summed E-state index contributed by atoms with van der Waals surface area (Å²) >= 11 is 0. The molecule has 12 aromatic rings. The van der Waals surface area contributed by atoms with Crippen LogP contribution in [0, 0.1) is 6.57 Å². The van der Waals surface area contributed by atoms with Crippen molar-refractivity contribution in [3.63, 3.8) is 0 Å². The Morgan fingerprint density at radius 2 is 0.613 bits per heavy atom. The van der Waals surface area contributed by atoms with Gasteiger partial charge in [-0.1, -0.05) is 198 Å². The van der Waals surface area contributed by atoms with Gasteiger partial charge in [-0.05, 0) is 134 Å². The summed E-state index contributed by atoms with van der Waals surface area (Å²) in [4.78, 5) is 20.4. The van der Waals surface area contributed by atoms with Gasteiger partial charge in [-0.2, -0.15) is 0 Å². The highest BCUT2D eigenvalue weighted by Gasteiger charge is 2.27. The number of fused-ring (bicyclic) bond motifs is 6. The van der Waals surface area contributed by atoms with Crippen molar-refractivity contribution in [2.45, 2.75) is 105 Å². The third-order valence-corrected chi connectivity index (χ3v) is 16.0. The van der Waals surface area contributed by atoms with Crippen molar-refractivity contribution in [1.29, 1.82) is 0 Å². The lowest BCUT2D eigenvalue weighted by Gasteiger charge is -2.26. The lowest BCUT2D eigenvalue weighted by atomic mass is 9.79. The second kappa shape index (κ2) is 19.2. The van der Waals surface area contributed by atoms with Crippen molar-refractivity contribution < 1.29 is 0 Å². The van der Waals surface area contributed by atoms with Crippen molar-refractivity contribution in [3.8, 4) is 67.8 Å². The molecule has 394 valence electrons. The molecule has 0 fully saturated rings. The van der Waals surface area contributed by atoms with Crippen molar-refractivity contribution in [1.82, 2.24) is 24.1 Å². The highest BCUT2D eigenvalue weighted by molar-refractivity contribution is 6.11. The van der Waals surface area contributed by atoms with E-state index < -0.39 is 0 Å². The molecule has 0 amide bonds. The van der Waals surface area contributed by atoms with E-state index in [1.807, 2.05) is 12.1 Å². The van der Waals surface area contributed by atoms with Crippen molar-refractivity contribution in [2.24, 2.45) is 0 Å². The number of hydrogen-bond acceptors (Lipinski definition) is 3. The molecule has 0 aliphatic rings. The zero-order valence-corrected chi connectivity index (χ0v) is 48.2. The molecule has 6 heteroatoms. The molecule has 80 heavy (non-hydrogen) atoms. The molecule has 0 bridgehead atoms. The van der Waals surface area contributed by atoms with Crippen LogP contribution < -0.4 is 0 Å². The van der Waals surface area contributed by atoms with Crippen molar-refractivity contribution in [3.05, 3.63) is 228 Å². The fourth-order valence-corrected chi connectivity index (χ4v) is 11.3. The SMILES string of the molecule is [C-]#[N+]c1ccc(-c2ccc(-n3c4ccccc4c4ccccc43)c(-c3cc(-c4nc(-c5cc(C(C)(C)C)cc(C(C)(C)C)c5)nc(-c5cc(C(C)(C)C)cc(C(C)(C)C)c5)n4)ccc3-n3c4ccccc4c4ccccc43)c2)cc1. The molecule has 3 aromatic heterocycles. The average Bonchev–Trinajstić information content (AvgIpc) is 3.98. The first kappa shape index (κ1) is 51.8. The summed E-state index contributed by atoms with van der Waals surface area (Å²) in [7, 11) is 0. The Hall–Kier alpha value is -8.92. The summed E-state index contributed by atoms with van der Waals surface area (Å²) in [6.07, 6.45) is 0. The molecule has 0 aliphatic heterocycles. The molecular formula is C74H68N6. The number of nitrogens with zero attached hydrogens (tertiary/aromatic N) is 6. The quantitative estimate of drug-likeness (QED) is 0.150. The largest absolute Gasteiger partial charge is 0.309 e. The number of aromatic nitrogens is 5. The van der Waals surface area contributed by atoms with Gasteiger partial charge in [0.05, 0.1) is 40.0 Å². The Balaban J connectivity index is 1.21. The van der Waals surface area contributed by atoms with E-state index in [9.17, 15) is 0 Å². The maximum Gasteiger partial charge on any atom is 0.187 e. The fraction of sp³-hybridized carbons (Fsp3) is 0.216. The second-order valence-electron chi connectivity index (χ2n) is 25.8. The predicted molar refractivity (Wildman–Crippen MR) is 337 cm³/mol. The van der Waals surface area contributed by atoms with E-state index in [1.165, 1.54) is 43.8 Å². The number of rotatable bonds is 7. The van der Waals surface area contributed by atoms with Crippen LogP contribution in [-0.4, -0.2) is 24.1 Å². The van der Waals surface area contributed by atoms with Gasteiger partial charge in [-0.3, -0.25) is 0 Å². The van der Waals surface area contributed by atoms with Crippen LogP contribution in [0.2, 0.25) is 0 Å². The third kappa shape index (κ3) is 9.35. The first-order valence-corrected chi connectivity index (χ1v) is 28.0. The van der Waals surface area contributed by atoms with Crippen LogP contribution in [0.4, 0.5) is 5.69 Å². The summed E-state index contributed by atoms with van der Waals surface area (Å²) in [5, 5.41) is 4.73. The van der Waals surface area contributed by atoms with E-state index in [4.69, 9.17) is 21.5 Å². The van der Waals surface area contributed by atoms with Gasteiger partial charge in [-0.15, -0.1) is 0 Å². The molecule has 0 spiro atoms. The number of hydrogen-bond donors (Lipinski definition) is 0. The molecule has 0 saturated heterocycles. The molecule has 0 N–H and O–H groups in total. The minimum Gasteiger partial charge on any atom is -0.309 e. The van der Waals surface area contributed by atoms with Gasteiger partial charge in [0.25, 0.3) is 0 Å². The van der Waals surface area contributed by atoms with Crippen LogP contribution in [0.5, 0.6) is 0 Å². The van der Waals surface area contributed by atoms with Crippen LogP contribution >= 0.6 is 0 Å². The van der Waals surface area contributed by atoms with Gasteiger partial charge in [-0.25, -0.2) is 19.8 Å². The Bertz CT molecular complexity index is 4190.